The first-order chi connectivity index (χ1) is 11.4. The fourth-order valence-corrected chi connectivity index (χ4v) is 3.31. The second-order valence-corrected chi connectivity index (χ2v) is 6.39. The van der Waals surface area contributed by atoms with Crippen molar-refractivity contribution >= 4 is 11.6 Å². The zero-order valence-electron chi connectivity index (χ0n) is 13.4. The van der Waals surface area contributed by atoms with E-state index < -0.39 is 11.7 Å². The number of alkyl halides is 3. The van der Waals surface area contributed by atoms with Crippen molar-refractivity contribution in [2.45, 2.75) is 25.4 Å². The van der Waals surface area contributed by atoms with E-state index in [9.17, 15) is 18.0 Å². The first kappa shape index (κ1) is 16.9. The SMILES string of the molecule is O=C(C[C@@H]1C=CCC1)N1CCN(c2cccc(C(F)(F)F)c2)CC1. The maximum Gasteiger partial charge on any atom is 0.416 e. The Kier molecular flexibility index (Phi) is 4.83. The number of carbonyl (C=O) groups is 1. The number of halogens is 3. The van der Waals surface area contributed by atoms with E-state index in [1.165, 1.54) is 12.1 Å². The number of allylic oxidation sites excluding steroid dienone is 2. The van der Waals surface area contributed by atoms with Gasteiger partial charge in [0, 0.05) is 38.3 Å². The molecule has 1 fully saturated rings. The molecule has 1 aliphatic heterocycles. The minimum atomic E-state index is -4.33. The molecule has 0 spiro atoms. The largest absolute Gasteiger partial charge is 0.416 e. The summed E-state index contributed by atoms with van der Waals surface area (Å²) in [6, 6.07) is 5.39. The lowest BCUT2D eigenvalue weighted by Crippen LogP contribution is -2.49. The summed E-state index contributed by atoms with van der Waals surface area (Å²) >= 11 is 0. The molecule has 0 N–H and O–H groups in total. The van der Waals surface area contributed by atoms with E-state index in [1.54, 1.807) is 6.07 Å². The Morgan fingerprint density at radius 3 is 2.54 bits per heavy atom. The van der Waals surface area contributed by atoms with E-state index in [0.717, 1.165) is 18.9 Å². The number of hydrogen-bond donors (Lipinski definition) is 0. The highest BCUT2D eigenvalue weighted by Crippen LogP contribution is 2.32. The maximum atomic E-state index is 12.8. The average Bonchev–Trinajstić information content (AvgIpc) is 3.07. The molecular weight excluding hydrogens is 317 g/mol. The predicted octanol–water partition coefficient (Wildman–Crippen LogP) is 3.71. The second kappa shape index (κ2) is 6.87. The van der Waals surface area contributed by atoms with Gasteiger partial charge in [-0.05, 0) is 37.0 Å². The molecule has 24 heavy (non-hydrogen) atoms. The molecule has 2 aliphatic rings. The van der Waals surface area contributed by atoms with Gasteiger partial charge in [0.15, 0.2) is 0 Å². The number of benzene rings is 1. The number of carbonyl (C=O) groups excluding carboxylic acids is 1. The van der Waals surface area contributed by atoms with Crippen molar-refractivity contribution in [1.29, 1.82) is 0 Å². The van der Waals surface area contributed by atoms with Crippen molar-refractivity contribution in [2.24, 2.45) is 5.92 Å². The van der Waals surface area contributed by atoms with Gasteiger partial charge in [0.05, 0.1) is 5.56 Å². The Labute approximate surface area is 139 Å². The van der Waals surface area contributed by atoms with Gasteiger partial charge in [-0.1, -0.05) is 18.2 Å². The van der Waals surface area contributed by atoms with Gasteiger partial charge in [0.2, 0.25) is 5.91 Å². The molecule has 3 rings (SSSR count). The fraction of sp³-hybridized carbons (Fsp3) is 0.500. The molecule has 1 heterocycles. The smallest absolute Gasteiger partial charge is 0.368 e. The topological polar surface area (TPSA) is 23.6 Å². The van der Waals surface area contributed by atoms with Gasteiger partial charge in [0.1, 0.15) is 0 Å². The molecule has 0 radical (unpaired) electrons. The van der Waals surface area contributed by atoms with Crippen LogP contribution in [0.4, 0.5) is 18.9 Å². The monoisotopic (exact) mass is 338 g/mol. The van der Waals surface area contributed by atoms with Crippen LogP contribution < -0.4 is 4.90 Å². The van der Waals surface area contributed by atoms with E-state index in [0.29, 0.717) is 44.2 Å². The lowest BCUT2D eigenvalue weighted by Gasteiger charge is -2.36. The molecule has 0 saturated carbocycles. The van der Waals surface area contributed by atoms with E-state index in [4.69, 9.17) is 0 Å². The lowest BCUT2D eigenvalue weighted by molar-refractivity contribution is -0.137. The Morgan fingerprint density at radius 2 is 1.92 bits per heavy atom. The summed E-state index contributed by atoms with van der Waals surface area (Å²) in [7, 11) is 0. The first-order valence-electron chi connectivity index (χ1n) is 8.30. The summed E-state index contributed by atoms with van der Waals surface area (Å²) < 4.78 is 38.5. The third-order valence-corrected chi connectivity index (χ3v) is 4.72. The normalized spacial score (nSPS) is 21.4. The zero-order chi connectivity index (χ0) is 17.2. The van der Waals surface area contributed by atoms with E-state index in [2.05, 4.69) is 12.2 Å². The highest BCUT2D eigenvalue weighted by molar-refractivity contribution is 5.77. The third-order valence-electron chi connectivity index (χ3n) is 4.72. The highest BCUT2D eigenvalue weighted by Gasteiger charge is 2.31. The molecule has 1 aromatic carbocycles. The molecule has 3 nitrogen and oxygen atoms in total. The summed E-state index contributed by atoms with van der Waals surface area (Å²) in [5.41, 5.74) is -0.0674. The van der Waals surface area contributed by atoms with Gasteiger partial charge in [-0.2, -0.15) is 13.2 Å². The van der Waals surface area contributed by atoms with Gasteiger partial charge < -0.3 is 9.80 Å². The van der Waals surface area contributed by atoms with Gasteiger partial charge in [-0.3, -0.25) is 4.79 Å². The summed E-state index contributed by atoms with van der Waals surface area (Å²) in [6.07, 6.45) is 2.51. The van der Waals surface area contributed by atoms with Crippen molar-refractivity contribution in [3.05, 3.63) is 42.0 Å². The average molecular weight is 338 g/mol. The van der Waals surface area contributed by atoms with E-state index >= 15 is 0 Å². The van der Waals surface area contributed by atoms with Crippen LogP contribution in [0.25, 0.3) is 0 Å². The van der Waals surface area contributed by atoms with Crippen LogP contribution in [0.5, 0.6) is 0 Å². The fourth-order valence-electron chi connectivity index (χ4n) is 3.31. The Hall–Kier alpha value is -1.98. The number of piperazine rings is 1. The van der Waals surface area contributed by atoms with Crippen LogP contribution in [0.3, 0.4) is 0 Å². The van der Waals surface area contributed by atoms with E-state index in [1.807, 2.05) is 9.80 Å². The minimum Gasteiger partial charge on any atom is -0.368 e. The molecule has 1 aliphatic carbocycles. The summed E-state index contributed by atoms with van der Waals surface area (Å²) in [4.78, 5) is 16.0. The molecular formula is C18H21F3N2O. The van der Waals surface area contributed by atoms with Crippen molar-refractivity contribution in [1.82, 2.24) is 4.90 Å². The summed E-state index contributed by atoms with van der Waals surface area (Å²) in [5, 5.41) is 0. The van der Waals surface area contributed by atoms with Crippen molar-refractivity contribution < 1.29 is 18.0 Å². The lowest BCUT2D eigenvalue weighted by atomic mass is 10.0. The van der Waals surface area contributed by atoms with Crippen molar-refractivity contribution in [3.8, 4) is 0 Å². The number of amides is 1. The standard InChI is InChI=1S/C18H21F3N2O/c19-18(20,21)15-6-3-7-16(13-15)22-8-10-23(11-9-22)17(24)12-14-4-1-2-5-14/h1,3-4,6-7,13-14H,2,5,8-12H2/t14-/m1/s1. The van der Waals surface area contributed by atoms with Crippen LogP contribution in [0, 0.1) is 5.92 Å². The van der Waals surface area contributed by atoms with Gasteiger partial charge in [0.25, 0.3) is 0 Å². The van der Waals surface area contributed by atoms with Crippen LogP contribution in [-0.4, -0.2) is 37.0 Å². The number of nitrogens with zero attached hydrogens (tertiary/aromatic N) is 2. The Bertz CT molecular complexity index is 619. The molecule has 1 atom stereocenters. The molecule has 0 unspecified atom stereocenters. The van der Waals surface area contributed by atoms with Gasteiger partial charge >= 0.3 is 6.18 Å². The maximum absolute atomic E-state index is 12.8. The summed E-state index contributed by atoms with van der Waals surface area (Å²) in [5.74, 6) is 0.495. The van der Waals surface area contributed by atoms with Crippen LogP contribution in [-0.2, 0) is 11.0 Å². The molecule has 1 amide bonds. The molecule has 130 valence electrons. The number of hydrogen-bond acceptors (Lipinski definition) is 2. The Morgan fingerprint density at radius 1 is 1.17 bits per heavy atom. The summed E-state index contributed by atoms with van der Waals surface area (Å²) in [6.45, 7) is 2.25. The van der Waals surface area contributed by atoms with Crippen LogP contribution in [0.1, 0.15) is 24.8 Å². The molecule has 0 aromatic heterocycles. The highest BCUT2D eigenvalue weighted by atomic mass is 19.4. The second-order valence-electron chi connectivity index (χ2n) is 6.39. The van der Waals surface area contributed by atoms with Crippen molar-refractivity contribution in [3.63, 3.8) is 0 Å². The van der Waals surface area contributed by atoms with Crippen LogP contribution in [0.2, 0.25) is 0 Å². The molecule has 0 bridgehead atoms. The number of rotatable bonds is 3. The molecule has 1 saturated heterocycles. The van der Waals surface area contributed by atoms with E-state index in [-0.39, 0.29) is 5.91 Å². The first-order valence-corrected chi connectivity index (χ1v) is 8.30. The third kappa shape index (κ3) is 3.91. The van der Waals surface area contributed by atoms with Crippen LogP contribution in [0.15, 0.2) is 36.4 Å². The zero-order valence-corrected chi connectivity index (χ0v) is 13.4. The van der Waals surface area contributed by atoms with Crippen molar-refractivity contribution in [2.75, 3.05) is 31.1 Å². The predicted molar refractivity (Wildman–Crippen MR) is 86.7 cm³/mol. The van der Waals surface area contributed by atoms with Crippen LogP contribution >= 0.6 is 0 Å². The van der Waals surface area contributed by atoms with Gasteiger partial charge in [-0.15, -0.1) is 0 Å². The quantitative estimate of drug-likeness (QED) is 0.785. The number of anilines is 1. The minimum absolute atomic E-state index is 0.148. The Balaban J connectivity index is 1.57. The van der Waals surface area contributed by atoms with Gasteiger partial charge in [-0.25, -0.2) is 0 Å². The molecule has 1 aromatic rings. The molecule has 6 heteroatoms.